The number of hydrogen-bond donors (Lipinski definition) is 0. The van der Waals surface area contributed by atoms with Crippen LogP contribution >= 0.6 is 22.7 Å². The van der Waals surface area contributed by atoms with Crippen LogP contribution in [0, 0.1) is 6.92 Å². The van der Waals surface area contributed by atoms with E-state index in [0.29, 0.717) is 28.0 Å². The van der Waals surface area contributed by atoms with Gasteiger partial charge in [-0.1, -0.05) is 18.2 Å². The third-order valence-electron chi connectivity index (χ3n) is 4.35. The molecule has 0 fully saturated rings. The van der Waals surface area contributed by atoms with Gasteiger partial charge in [-0.15, -0.1) is 22.7 Å². The Morgan fingerprint density at radius 1 is 1.10 bits per heavy atom. The standard InChI is InChI=1S/C21H14N4O3S2/c1-12-14(24-19(28-12)16-7-4-10-29-16)11-27-21(26)18-17(22-8-9-23-18)20-25-13-5-2-3-6-15(13)30-20/h2-10H,11H2,1H3. The summed E-state index contributed by atoms with van der Waals surface area (Å²) in [6, 6.07) is 11.6. The largest absolute Gasteiger partial charge is 0.454 e. The van der Waals surface area contributed by atoms with Crippen LogP contribution in [0.1, 0.15) is 21.9 Å². The maximum absolute atomic E-state index is 12.8. The molecule has 0 aliphatic heterocycles. The van der Waals surface area contributed by atoms with E-state index in [1.54, 1.807) is 6.92 Å². The highest BCUT2D eigenvalue weighted by molar-refractivity contribution is 7.21. The maximum atomic E-state index is 12.8. The summed E-state index contributed by atoms with van der Waals surface area (Å²) >= 11 is 2.99. The molecule has 4 aromatic heterocycles. The maximum Gasteiger partial charge on any atom is 0.359 e. The number of nitrogens with zero attached hydrogens (tertiary/aromatic N) is 4. The van der Waals surface area contributed by atoms with Crippen molar-refractivity contribution < 1.29 is 13.9 Å². The number of esters is 1. The Morgan fingerprint density at radius 2 is 1.97 bits per heavy atom. The second kappa shape index (κ2) is 7.77. The normalized spacial score (nSPS) is 11.1. The molecule has 0 unspecified atom stereocenters. The molecule has 7 nitrogen and oxygen atoms in total. The molecule has 0 atom stereocenters. The van der Waals surface area contributed by atoms with E-state index in [-0.39, 0.29) is 12.3 Å². The molecular formula is C21H14N4O3S2. The summed E-state index contributed by atoms with van der Waals surface area (Å²) < 4.78 is 12.2. The molecule has 4 heterocycles. The van der Waals surface area contributed by atoms with Crippen LogP contribution in [0.2, 0.25) is 0 Å². The number of thiazole rings is 1. The van der Waals surface area contributed by atoms with Crippen molar-refractivity contribution in [3.63, 3.8) is 0 Å². The average Bonchev–Trinajstić information content (AvgIpc) is 3.51. The van der Waals surface area contributed by atoms with Crippen LogP contribution in [-0.2, 0) is 11.3 Å². The molecule has 5 aromatic rings. The number of carbonyl (C=O) groups is 1. The predicted octanol–water partition coefficient (Wildman–Crippen LogP) is 5.14. The molecule has 0 aliphatic carbocycles. The number of rotatable bonds is 5. The fourth-order valence-electron chi connectivity index (χ4n) is 2.89. The molecule has 148 valence electrons. The van der Waals surface area contributed by atoms with Crippen molar-refractivity contribution in [3.8, 4) is 21.5 Å². The zero-order chi connectivity index (χ0) is 20.5. The average molecular weight is 435 g/mol. The van der Waals surface area contributed by atoms with Gasteiger partial charge in [-0.05, 0) is 30.5 Å². The smallest absolute Gasteiger partial charge is 0.359 e. The number of fused-ring (bicyclic) bond motifs is 1. The lowest BCUT2D eigenvalue weighted by Gasteiger charge is -2.05. The van der Waals surface area contributed by atoms with Gasteiger partial charge < -0.3 is 9.15 Å². The summed E-state index contributed by atoms with van der Waals surface area (Å²) in [6.45, 7) is 1.78. The lowest BCUT2D eigenvalue weighted by Crippen LogP contribution is -2.10. The third kappa shape index (κ3) is 3.49. The van der Waals surface area contributed by atoms with E-state index in [1.807, 2.05) is 41.8 Å². The van der Waals surface area contributed by atoms with E-state index >= 15 is 0 Å². The summed E-state index contributed by atoms with van der Waals surface area (Å²) in [6.07, 6.45) is 3.00. The zero-order valence-electron chi connectivity index (χ0n) is 15.7. The van der Waals surface area contributed by atoms with Gasteiger partial charge in [0, 0.05) is 12.4 Å². The highest BCUT2D eigenvalue weighted by atomic mass is 32.1. The van der Waals surface area contributed by atoms with E-state index in [0.717, 1.165) is 15.1 Å². The van der Waals surface area contributed by atoms with Gasteiger partial charge in [-0.3, -0.25) is 0 Å². The van der Waals surface area contributed by atoms with Crippen LogP contribution in [0.4, 0.5) is 0 Å². The lowest BCUT2D eigenvalue weighted by molar-refractivity contribution is 0.0460. The van der Waals surface area contributed by atoms with Gasteiger partial charge in [0.05, 0.1) is 15.1 Å². The molecule has 0 radical (unpaired) electrons. The number of aromatic nitrogens is 4. The molecule has 0 saturated carbocycles. The predicted molar refractivity (Wildman–Crippen MR) is 114 cm³/mol. The van der Waals surface area contributed by atoms with Gasteiger partial charge >= 0.3 is 5.97 Å². The number of ether oxygens (including phenoxy) is 1. The summed E-state index contributed by atoms with van der Waals surface area (Å²) in [5.41, 5.74) is 1.94. The van der Waals surface area contributed by atoms with Gasteiger partial charge in [0.2, 0.25) is 5.89 Å². The second-order valence-electron chi connectivity index (χ2n) is 6.32. The molecule has 0 bridgehead atoms. The topological polar surface area (TPSA) is 91.0 Å². The Kier molecular flexibility index (Phi) is 4.82. The van der Waals surface area contributed by atoms with Crippen molar-refractivity contribution in [2.75, 3.05) is 0 Å². The van der Waals surface area contributed by atoms with E-state index in [4.69, 9.17) is 9.15 Å². The Balaban J connectivity index is 1.39. The van der Waals surface area contributed by atoms with Crippen LogP contribution in [0.25, 0.3) is 31.7 Å². The minimum atomic E-state index is -0.586. The highest BCUT2D eigenvalue weighted by Crippen LogP contribution is 2.30. The number of thiophene rings is 1. The van der Waals surface area contributed by atoms with Gasteiger partial charge in [0.15, 0.2) is 5.69 Å². The molecule has 1 aromatic carbocycles. The van der Waals surface area contributed by atoms with E-state index in [9.17, 15) is 4.79 Å². The SMILES string of the molecule is Cc1oc(-c2cccs2)nc1COC(=O)c1nccnc1-c1nc2ccccc2s1. The monoisotopic (exact) mass is 434 g/mol. The van der Waals surface area contributed by atoms with Crippen molar-refractivity contribution in [1.82, 2.24) is 19.9 Å². The first-order chi connectivity index (χ1) is 14.7. The molecule has 0 aliphatic rings. The summed E-state index contributed by atoms with van der Waals surface area (Å²) in [4.78, 5) is 31.2. The number of hydrogen-bond acceptors (Lipinski definition) is 9. The first-order valence-electron chi connectivity index (χ1n) is 9.03. The van der Waals surface area contributed by atoms with Gasteiger partial charge in [-0.25, -0.2) is 24.7 Å². The third-order valence-corrected chi connectivity index (χ3v) is 6.25. The van der Waals surface area contributed by atoms with E-state index in [2.05, 4.69) is 19.9 Å². The number of oxazole rings is 1. The molecule has 0 amide bonds. The Morgan fingerprint density at radius 3 is 2.80 bits per heavy atom. The van der Waals surface area contributed by atoms with Gasteiger partial charge in [0.25, 0.3) is 0 Å². The number of carbonyl (C=O) groups excluding carboxylic acids is 1. The Labute approximate surface area is 179 Å². The minimum absolute atomic E-state index is 0.0185. The first-order valence-corrected chi connectivity index (χ1v) is 10.7. The van der Waals surface area contributed by atoms with Crippen LogP contribution in [0.3, 0.4) is 0 Å². The number of benzene rings is 1. The van der Waals surface area contributed by atoms with Gasteiger partial charge in [0.1, 0.15) is 28.8 Å². The van der Waals surface area contributed by atoms with E-state index in [1.165, 1.54) is 35.1 Å². The highest BCUT2D eigenvalue weighted by Gasteiger charge is 2.21. The van der Waals surface area contributed by atoms with Gasteiger partial charge in [-0.2, -0.15) is 0 Å². The molecule has 0 saturated heterocycles. The van der Waals surface area contributed by atoms with Crippen LogP contribution in [0.5, 0.6) is 0 Å². The van der Waals surface area contributed by atoms with Crippen LogP contribution in [0.15, 0.2) is 58.6 Å². The van der Waals surface area contributed by atoms with E-state index < -0.39 is 5.97 Å². The number of aryl methyl sites for hydroxylation is 1. The fourth-order valence-corrected chi connectivity index (χ4v) is 4.50. The van der Waals surface area contributed by atoms with Crippen molar-refractivity contribution in [2.45, 2.75) is 13.5 Å². The molecule has 9 heteroatoms. The summed E-state index contributed by atoms with van der Waals surface area (Å²) in [7, 11) is 0. The molecule has 0 spiro atoms. The van der Waals surface area contributed by atoms with Crippen molar-refractivity contribution in [3.05, 3.63) is 71.3 Å². The summed E-state index contributed by atoms with van der Waals surface area (Å²) in [5.74, 6) is 0.539. The van der Waals surface area contributed by atoms with Crippen LogP contribution in [-0.4, -0.2) is 25.9 Å². The minimum Gasteiger partial charge on any atom is -0.454 e. The summed E-state index contributed by atoms with van der Waals surface area (Å²) in [5, 5.41) is 2.57. The molecular weight excluding hydrogens is 420 g/mol. The Hall–Kier alpha value is -3.43. The van der Waals surface area contributed by atoms with Crippen molar-refractivity contribution >= 4 is 38.9 Å². The fraction of sp³-hybridized carbons (Fsp3) is 0.0952. The molecule has 0 N–H and O–H groups in total. The Bertz CT molecular complexity index is 1310. The van der Waals surface area contributed by atoms with Crippen LogP contribution < -0.4 is 0 Å². The number of para-hydroxylation sites is 1. The molecule has 30 heavy (non-hydrogen) atoms. The first kappa shape index (κ1) is 18.6. The zero-order valence-corrected chi connectivity index (χ0v) is 17.4. The van der Waals surface area contributed by atoms with Crippen molar-refractivity contribution in [2.24, 2.45) is 0 Å². The second-order valence-corrected chi connectivity index (χ2v) is 8.29. The van der Waals surface area contributed by atoms with Crippen molar-refractivity contribution in [1.29, 1.82) is 0 Å². The quantitative estimate of drug-likeness (QED) is 0.354. The molecule has 5 rings (SSSR count). The lowest BCUT2D eigenvalue weighted by atomic mass is 10.3.